The summed E-state index contributed by atoms with van der Waals surface area (Å²) in [6.07, 6.45) is 0. The van der Waals surface area contributed by atoms with Crippen LogP contribution in [0, 0.1) is 13.8 Å². The molecule has 3 aromatic rings. The fourth-order valence-electron chi connectivity index (χ4n) is 2.14. The van der Waals surface area contributed by atoms with Gasteiger partial charge in [-0.05, 0) is 32.0 Å². The van der Waals surface area contributed by atoms with Gasteiger partial charge in [0, 0.05) is 11.4 Å². The summed E-state index contributed by atoms with van der Waals surface area (Å²) in [5.41, 5.74) is 7.16. The zero-order chi connectivity index (χ0) is 19.1. The number of nitrogens with zero attached hydrogens (tertiary/aromatic N) is 5. The number of aryl methyl sites for hydroxylation is 2. The van der Waals surface area contributed by atoms with Gasteiger partial charge in [0.25, 0.3) is 21.1 Å². The Morgan fingerprint density at radius 3 is 2.23 bits per heavy atom. The summed E-state index contributed by atoms with van der Waals surface area (Å²) >= 11 is 12.0. The minimum atomic E-state index is -4.19. The second-order valence-corrected chi connectivity index (χ2v) is 7.71. The number of nitrogens with two attached hydrogens (primary N) is 1. The van der Waals surface area contributed by atoms with Crippen LogP contribution in [0.3, 0.4) is 0 Å². The minimum Gasteiger partial charge on any atom is -0.368 e. The maximum absolute atomic E-state index is 12.6. The monoisotopic (exact) mass is 413 g/mol. The molecule has 0 saturated carbocycles. The summed E-state index contributed by atoms with van der Waals surface area (Å²) in [5.74, 6) is -0.0645. The van der Waals surface area contributed by atoms with Crippen molar-refractivity contribution in [2.45, 2.75) is 19.0 Å². The molecule has 2 aromatic heterocycles. The third-order valence-corrected chi connectivity index (χ3v) is 4.97. The lowest BCUT2D eigenvalue weighted by atomic mass is 10.3. The summed E-state index contributed by atoms with van der Waals surface area (Å²) < 4.78 is 28.5. The first-order chi connectivity index (χ1) is 12.2. The van der Waals surface area contributed by atoms with Gasteiger partial charge in [0.05, 0.1) is 15.7 Å². The van der Waals surface area contributed by atoms with Gasteiger partial charge in [-0.2, -0.15) is 18.1 Å². The molecular weight excluding hydrogens is 401 g/mol. The largest absolute Gasteiger partial charge is 0.368 e. The average molecular weight is 414 g/mol. The van der Waals surface area contributed by atoms with Crippen LogP contribution in [0.2, 0.25) is 10.0 Å². The standard InChI is InChI=1S/C14H13Cl2N7O2S/c1-7-6-8(2)19-13(18-7)23-12(17)20-14(21-23)26(24,25)22-11-9(15)4-3-5-10(11)16/h3-6,22H,1-2H3,(H2,17,20,21). The van der Waals surface area contributed by atoms with E-state index in [1.165, 1.54) is 12.1 Å². The van der Waals surface area contributed by atoms with E-state index in [9.17, 15) is 8.42 Å². The Morgan fingerprint density at radius 1 is 1.08 bits per heavy atom. The molecule has 12 heteroatoms. The van der Waals surface area contributed by atoms with E-state index in [0.29, 0.717) is 11.4 Å². The molecule has 0 atom stereocenters. The van der Waals surface area contributed by atoms with E-state index in [4.69, 9.17) is 28.9 Å². The van der Waals surface area contributed by atoms with Crippen molar-refractivity contribution in [3.8, 4) is 5.95 Å². The molecule has 26 heavy (non-hydrogen) atoms. The van der Waals surface area contributed by atoms with E-state index in [-0.39, 0.29) is 27.6 Å². The van der Waals surface area contributed by atoms with Crippen LogP contribution < -0.4 is 10.5 Å². The first-order valence-electron chi connectivity index (χ1n) is 7.19. The van der Waals surface area contributed by atoms with Crippen molar-refractivity contribution in [2.24, 2.45) is 0 Å². The molecule has 0 spiro atoms. The van der Waals surface area contributed by atoms with Gasteiger partial charge in [-0.3, -0.25) is 4.72 Å². The summed E-state index contributed by atoms with van der Waals surface area (Å²) in [6.45, 7) is 3.54. The van der Waals surface area contributed by atoms with Crippen molar-refractivity contribution in [1.29, 1.82) is 0 Å². The summed E-state index contributed by atoms with van der Waals surface area (Å²) in [7, 11) is -4.19. The molecule has 0 aliphatic rings. The molecule has 0 aliphatic carbocycles. The van der Waals surface area contributed by atoms with Crippen LogP contribution in [0.5, 0.6) is 0 Å². The van der Waals surface area contributed by atoms with Gasteiger partial charge in [-0.1, -0.05) is 29.3 Å². The van der Waals surface area contributed by atoms with Crippen LogP contribution in [0.4, 0.5) is 11.6 Å². The zero-order valence-electron chi connectivity index (χ0n) is 13.6. The van der Waals surface area contributed by atoms with Gasteiger partial charge in [-0.25, -0.2) is 9.97 Å². The minimum absolute atomic E-state index is 0.0217. The predicted octanol–water partition coefficient (Wildman–Crippen LogP) is 2.36. The molecule has 2 heterocycles. The van der Waals surface area contributed by atoms with Crippen molar-refractivity contribution in [2.75, 3.05) is 10.5 Å². The molecule has 1 aromatic carbocycles. The van der Waals surface area contributed by atoms with Crippen molar-refractivity contribution >= 4 is 44.9 Å². The number of benzene rings is 1. The van der Waals surface area contributed by atoms with Gasteiger partial charge in [0.15, 0.2) is 0 Å². The molecule has 0 unspecified atom stereocenters. The van der Waals surface area contributed by atoms with Crippen molar-refractivity contribution in [3.05, 3.63) is 45.7 Å². The Kier molecular flexibility index (Phi) is 4.74. The highest BCUT2D eigenvalue weighted by atomic mass is 35.5. The van der Waals surface area contributed by atoms with E-state index in [1.54, 1.807) is 26.0 Å². The molecule has 3 N–H and O–H groups in total. The Balaban J connectivity index is 2.02. The Bertz CT molecular complexity index is 1060. The lowest BCUT2D eigenvalue weighted by Gasteiger charge is -2.08. The normalized spacial score (nSPS) is 11.5. The first kappa shape index (κ1) is 18.4. The molecule has 0 amide bonds. The van der Waals surface area contributed by atoms with Gasteiger partial charge in [0.2, 0.25) is 5.95 Å². The van der Waals surface area contributed by atoms with E-state index >= 15 is 0 Å². The van der Waals surface area contributed by atoms with E-state index in [1.807, 2.05) is 0 Å². The second kappa shape index (κ2) is 6.71. The van der Waals surface area contributed by atoms with E-state index in [2.05, 4.69) is 24.8 Å². The van der Waals surface area contributed by atoms with Crippen LogP contribution in [-0.4, -0.2) is 33.2 Å². The number of aromatic nitrogens is 5. The second-order valence-electron chi connectivity index (χ2n) is 5.32. The van der Waals surface area contributed by atoms with Gasteiger partial charge < -0.3 is 5.73 Å². The van der Waals surface area contributed by atoms with Crippen LogP contribution in [0.25, 0.3) is 5.95 Å². The predicted molar refractivity (Wildman–Crippen MR) is 98.1 cm³/mol. The quantitative estimate of drug-likeness (QED) is 0.671. The van der Waals surface area contributed by atoms with Crippen molar-refractivity contribution in [3.63, 3.8) is 0 Å². The summed E-state index contributed by atoms with van der Waals surface area (Å²) in [4.78, 5) is 12.2. The fraction of sp³-hybridized carbons (Fsp3) is 0.143. The van der Waals surface area contributed by atoms with Crippen LogP contribution in [0.1, 0.15) is 11.4 Å². The number of sulfonamides is 1. The Morgan fingerprint density at radius 2 is 1.65 bits per heavy atom. The maximum atomic E-state index is 12.6. The molecule has 0 aliphatic heterocycles. The summed E-state index contributed by atoms with van der Waals surface area (Å²) in [5, 5.41) is 3.61. The van der Waals surface area contributed by atoms with Gasteiger partial charge in [0.1, 0.15) is 0 Å². The van der Waals surface area contributed by atoms with E-state index in [0.717, 1.165) is 4.68 Å². The maximum Gasteiger partial charge on any atom is 0.299 e. The number of halogens is 2. The molecule has 0 radical (unpaired) electrons. The van der Waals surface area contributed by atoms with Crippen molar-refractivity contribution < 1.29 is 8.42 Å². The third kappa shape index (κ3) is 3.57. The highest BCUT2D eigenvalue weighted by Gasteiger charge is 2.25. The highest BCUT2D eigenvalue weighted by molar-refractivity contribution is 7.92. The third-order valence-electron chi connectivity index (χ3n) is 3.21. The number of hydrogen-bond acceptors (Lipinski definition) is 7. The van der Waals surface area contributed by atoms with Crippen LogP contribution in [-0.2, 0) is 10.0 Å². The molecular formula is C14H13Cl2N7O2S. The lowest BCUT2D eigenvalue weighted by molar-refractivity contribution is 0.591. The first-order valence-corrected chi connectivity index (χ1v) is 9.43. The Labute approximate surface area is 159 Å². The zero-order valence-corrected chi connectivity index (χ0v) is 15.9. The van der Waals surface area contributed by atoms with Crippen molar-refractivity contribution in [1.82, 2.24) is 24.7 Å². The number of hydrogen-bond donors (Lipinski definition) is 2. The topological polar surface area (TPSA) is 129 Å². The number of anilines is 2. The molecule has 3 rings (SSSR count). The van der Waals surface area contributed by atoms with E-state index < -0.39 is 15.2 Å². The van der Waals surface area contributed by atoms with Gasteiger partial charge in [-0.15, -0.1) is 5.10 Å². The SMILES string of the molecule is Cc1cc(C)nc(-n2nc(S(=O)(=O)Nc3c(Cl)cccc3Cl)nc2N)n1. The molecule has 9 nitrogen and oxygen atoms in total. The summed E-state index contributed by atoms with van der Waals surface area (Å²) in [6, 6.07) is 6.34. The molecule has 136 valence electrons. The smallest absolute Gasteiger partial charge is 0.299 e. The highest BCUT2D eigenvalue weighted by Crippen LogP contribution is 2.31. The molecule has 0 bridgehead atoms. The van der Waals surface area contributed by atoms with Crippen LogP contribution >= 0.6 is 23.2 Å². The average Bonchev–Trinajstić information content (AvgIpc) is 2.93. The molecule has 0 saturated heterocycles. The fourth-order valence-corrected chi connectivity index (χ4v) is 3.73. The molecule has 0 fully saturated rings. The Hall–Kier alpha value is -2.43. The number of nitrogens with one attached hydrogen (secondary N) is 1. The number of nitrogen functional groups attached to an aromatic ring is 1. The van der Waals surface area contributed by atoms with Crippen LogP contribution in [0.15, 0.2) is 29.4 Å². The number of para-hydroxylation sites is 1. The lowest BCUT2D eigenvalue weighted by Crippen LogP contribution is -2.16. The number of rotatable bonds is 4. The van der Waals surface area contributed by atoms with Gasteiger partial charge >= 0.3 is 0 Å².